The van der Waals surface area contributed by atoms with Crippen molar-refractivity contribution >= 4 is 21.6 Å². The Morgan fingerprint density at radius 1 is 1.29 bits per heavy atom. The van der Waals surface area contributed by atoms with Gasteiger partial charge >= 0.3 is 0 Å². The molecule has 0 amide bonds. The summed E-state index contributed by atoms with van der Waals surface area (Å²) in [7, 11) is 0. The number of nitrogens with zero attached hydrogens (tertiary/aromatic N) is 1. The Morgan fingerprint density at radius 2 is 2.12 bits per heavy atom. The number of anilines is 1. The topological polar surface area (TPSA) is 48.1 Å². The summed E-state index contributed by atoms with van der Waals surface area (Å²) >= 11 is 3.42. The van der Waals surface area contributed by atoms with E-state index in [1.165, 1.54) is 0 Å². The SMILES string of the molecule is Cc1ccc(Br)cc1OCc1cc(N)ccn1. The van der Waals surface area contributed by atoms with Gasteiger partial charge in [0.25, 0.3) is 0 Å². The minimum absolute atomic E-state index is 0.419. The molecule has 0 aliphatic rings. The van der Waals surface area contributed by atoms with Crippen LogP contribution in [0.15, 0.2) is 41.0 Å². The molecule has 0 bridgehead atoms. The van der Waals surface area contributed by atoms with Gasteiger partial charge in [-0.3, -0.25) is 4.98 Å². The maximum Gasteiger partial charge on any atom is 0.130 e. The lowest BCUT2D eigenvalue weighted by Crippen LogP contribution is -2.00. The fourth-order valence-electron chi connectivity index (χ4n) is 1.46. The molecule has 0 saturated carbocycles. The van der Waals surface area contributed by atoms with Crippen molar-refractivity contribution in [3.63, 3.8) is 0 Å². The van der Waals surface area contributed by atoms with Crippen molar-refractivity contribution in [1.29, 1.82) is 0 Å². The average Bonchev–Trinajstić information content (AvgIpc) is 2.30. The summed E-state index contributed by atoms with van der Waals surface area (Å²) in [5.41, 5.74) is 8.30. The monoisotopic (exact) mass is 292 g/mol. The van der Waals surface area contributed by atoms with Gasteiger partial charge in [0.1, 0.15) is 12.4 Å². The van der Waals surface area contributed by atoms with Crippen LogP contribution >= 0.6 is 15.9 Å². The third-order valence-corrected chi connectivity index (χ3v) is 2.86. The predicted octanol–water partition coefficient (Wildman–Crippen LogP) is 3.31. The first-order chi connectivity index (χ1) is 8.15. The number of nitrogens with two attached hydrogens (primary N) is 1. The van der Waals surface area contributed by atoms with Gasteiger partial charge in [-0.25, -0.2) is 0 Å². The molecule has 0 fully saturated rings. The molecule has 17 heavy (non-hydrogen) atoms. The Balaban J connectivity index is 2.09. The van der Waals surface area contributed by atoms with E-state index >= 15 is 0 Å². The number of pyridine rings is 1. The van der Waals surface area contributed by atoms with Crippen molar-refractivity contribution in [3.05, 3.63) is 52.3 Å². The van der Waals surface area contributed by atoms with Crippen molar-refractivity contribution in [2.75, 3.05) is 5.73 Å². The largest absolute Gasteiger partial charge is 0.487 e. The average molecular weight is 293 g/mol. The maximum atomic E-state index is 5.71. The number of ether oxygens (including phenoxy) is 1. The highest BCUT2D eigenvalue weighted by Crippen LogP contribution is 2.23. The second kappa shape index (κ2) is 5.19. The molecule has 88 valence electrons. The van der Waals surface area contributed by atoms with Gasteiger partial charge in [0, 0.05) is 16.4 Å². The van der Waals surface area contributed by atoms with Crippen LogP contribution in [0.5, 0.6) is 5.75 Å². The minimum atomic E-state index is 0.419. The molecule has 1 aromatic carbocycles. The van der Waals surface area contributed by atoms with Crippen LogP contribution in [0, 0.1) is 6.92 Å². The Labute approximate surface area is 109 Å². The van der Waals surface area contributed by atoms with Crippen LogP contribution in [0.1, 0.15) is 11.3 Å². The first kappa shape index (κ1) is 11.9. The molecule has 2 N–H and O–H groups in total. The zero-order chi connectivity index (χ0) is 12.3. The number of rotatable bonds is 3. The summed E-state index contributed by atoms with van der Waals surface area (Å²) in [6.45, 7) is 2.43. The third-order valence-electron chi connectivity index (χ3n) is 2.37. The second-order valence-electron chi connectivity index (χ2n) is 3.78. The molecule has 3 nitrogen and oxygen atoms in total. The van der Waals surface area contributed by atoms with Crippen LogP contribution in [-0.4, -0.2) is 4.98 Å². The Morgan fingerprint density at radius 3 is 2.88 bits per heavy atom. The van der Waals surface area contributed by atoms with Gasteiger partial charge in [-0.2, -0.15) is 0 Å². The molecular weight excluding hydrogens is 280 g/mol. The highest BCUT2D eigenvalue weighted by Gasteiger charge is 2.02. The zero-order valence-electron chi connectivity index (χ0n) is 9.48. The van der Waals surface area contributed by atoms with Crippen LogP contribution in [0.25, 0.3) is 0 Å². The van der Waals surface area contributed by atoms with Gasteiger partial charge in [-0.15, -0.1) is 0 Å². The molecule has 0 aliphatic heterocycles. The molecular formula is C13H13BrN2O. The Bertz CT molecular complexity index is 529. The van der Waals surface area contributed by atoms with Crippen LogP contribution in [-0.2, 0) is 6.61 Å². The molecule has 1 heterocycles. The number of halogens is 1. The van der Waals surface area contributed by atoms with Crippen LogP contribution < -0.4 is 10.5 Å². The standard InChI is InChI=1S/C13H13BrN2O/c1-9-2-3-10(14)6-13(9)17-8-12-7-11(15)4-5-16-12/h2-7H,8H2,1H3,(H2,15,16). The number of nitrogen functional groups attached to an aromatic ring is 1. The Kier molecular flexibility index (Phi) is 3.64. The lowest BCUT2D eigenvalue weighted by atomic mass is 10.2. The summed E-state index contributed by atoms with van der Waals surface area (Å²) in [4.78, 5) is 4.19. The highest BCUT2D eigenvalue weighted by molar-refractivity contribution is 9.10. The quantitative estimate of drug-likeness (QED) is 0.944. The van der Waals surface area contributed by atoms with E-state index in [0.29, 0.717) is 12.3 Å². The molecule has 0 saturated heterocycles. The number of aromatic nitrogens is 1. The van der Waals surface area contributed by atoms with E-state index in [1.807, 2.05) is 31.2 Å². The van der Waals surface area contributed by atoms with Crippen LogP contribution in [0.4, 0.5) is 5.69 Å². The van der Waals surface area contributed by atoms with E-state index in [1.54, 1.807) is 12.3 Å². The fraction of sp³-hybridized carbons (Fsp3) is 0.154. The predicted molar refractivity (Wildman–Crippen MR) is 71.9 cm³/mol. The van der Waals surface area contributed by atoms with E-state index in [-0.39, 0.29) is 0 Å². The number of hydrogen-bond donors (Lipinski definition) is 1. The minimum Gasteiger partial charge on any atom is -0.487 e. The number of aryl methyl sites for hydroxylation is 1. The van der Waals surface area contributed by atoms with Crippen molar-refractivity contribution in [3.8, 4) is 5.75 Å². The van der Waals surface area contributed by atoms with Gasteiger partial charge < -0.3 is 10.5 Å². The zero-order valence-corrected chi connectivity index (χ0v) is 11.1. The molecule has 0 radical (unpaired) electrons. The first-order valence-corrected chi connectivity index (χ1v) is 6.04. The van der Waals surface area contributed by atoms with Crippen molar-refractivity contribution in [1.82, 2.24) is 4.98 Å². The second-order valence-corrected chi connectivity index (χ2v) is 4.69. The summed E-state index contributed by atoms with van der Waals surface area (Å²) in [5.74, 6) is 0.851. The van der Waals surface area contributed by atoms with Gasteiger partial charge in [0.2, 0.25) is 0 Å². The van der Waals surface area contributed by atoms with Crippen molar-refractivity contribution in [2.45, 2.75) is 13.5 Å². The lowest BCUT2D eigenvalue weighted by Gasteiger charge is -2.09. The third kappa shape index (κ3) is 3.20. The molecule has 2 aromatic rings. The normalized spacial score (nSPS) is 10.2. The fourth-order valence-corrected chi connectivity index (χ4v) is 1.80. The molecule has 2 rings (SSSR count). The molecule has 1 aromatic heterocycles. The van der Waals surface area contributed by atoms with E-state index in [9.17, 15) is 0 Å². The molecule has 0 unspecified atom stereocenters. The van der Waals surface area contributed by atoms with E-state index in [2.05, 4.69) is 20.9 Å². The smallest absolute Gasteiger partial charge is 0.130 e. The van der Waals surface area contributed by atoms with Gasteiger partial charge in [0.15, 0.2) is 0 Å². The molecule has 4 heteroatoms. The van der Waals surface area contributed by atoms with E-state index in [0.717, 1.165) is 21.5 Å². The summed E-state index contributed by atoms with van der Waals surface area (Å²) < 4.78 is 6.71. The van der Waals surface area contributed by atoms with E-state index < -0.39 is 0 Å². The first-order valence-electron chi connectivity index (χ1n) is 5.24. The van der Waals surface area contributed by atoms with Crippen molar-refractivity contribution < 1.29 is 4.74 Å². The summed E-state index contributed by atoms with van der Waals surface area (Å²) in [6.07, 6.45) is 1.68. The van der Waals surface area contributed by atoms with Crippen LogP contribution in [0.3, 0.4) is 0 Å². The van der Waals surface area contributed by atoms with Gasteiger partial charge in [-0.1, -0.05) is 22.0 Å². The summed E-state index contributed by atoms with van der Waals surface area (Å²) in [6, 6.07) is 9.51. The van der Waals surface area contributed by atoms with Crippen molar-refractivity contribution in [2.24, 2.45) is 0 Å². The number of benzene rings is 1. The van der Waals surface area contributed by atoms with E-state index in [4.69, 9.17) is 10.5 Å². The molecule has 0 aliphatic carbocycles. The van der Waals surface area contributed by atoms with Gasteiger partial charge in [0.05, 0.1) is 5.69 Å². The highest BCUT2D eigenvalue weighted by atomic mass is 79.9. The van der Waals surface area contributed by atoms with Gasteiger partial charge in [-0.05, 0) is 36.8 Å². The maximum absolute atomic E-state index is 5.71. The lowest BCUT2D eigenvalue weighted by molar-refractivity contribution is 0.299. The summed E-state index contributed by atoms with van der Waals surface area (Å²) in [5, 5.41) is 0. The molecule has 0 spiro atoms. The van der Waals surface area contributed by atoms with Crippen LogP contribution in [0.2, 0.25) is 0 Å². The number of hydrogen-bond acceptors (Lipinski definition) is 3. The molecule has 0 atom stereocenters. The Hall–Kier alpha value is -1.55.